The molecular weight excluding hydrogens is 262 g/mol. The van der Waals surface area contributed by atoms with Crippen molar-refractivity contribution < 1.29 is 4.79 Å². The molecule has 0 aliphatic heterocycles. The first kappa shape index (κ1) is 18.4. The minimum atomic E-state index is -0.481. The van der Waals surface area contributed by atoms with Gasteiger partial charge in [0, 0.05) is 12.6 Å². The van der Waals surface area contributed by atoms with Crippen molar-refractivity contribution in [2.45, 2.75) is 71.9 Å². The first-order valence-electron chi connectivity index (χ1n) is 8.61. The molecule has 0 aromatic carbocycles. The molecule has 2 atom stereocenters. The SMILES string of the molecule is CCN(CCC1CCCC1(NC(C)C)C(N)=O)CC(C)C. The number of rotatable bonds is 9. The minimum absolute atomic E-state index is 0.161. The van der Waals surface area contributed by atoms with Crippen LogP contribution in [0.15, 0.2) is 0 Å². The monoisotopic (exact) mass is 297 g/mol. The van der Waals surface area contributed by atoms with E-state index in [2.05, 4.69) is 44.8 Å². The van der Waals surface area contributed by atoms with Crippen LogP contribution in [0, 0.1) is 11.8 Å². The number of nitrogens with two attached hydrogens (primary N) is 1. The average molecular weight is 297 g/mol. The van der Waals surface area contributed by atoms with Gasteiger partial charge in [-0.05, 0) is 58.0 Å². The molecule has 2 unspecified atom stereocenters. The number of amides is 1. The lowest BCUT2D eigenvalue weighted by atomic mass is 9.83. The number of hydrogen-bond donors (Lipinski definition) is 2. The third kappa shape index (κ3) is 4.96. The predicted octanol–water partition coefficient (Wildman–Crippen LogP) is 2.38. The highest BCUT2D eigenvalue weighted by Gasteiger charge is 2.47. The van der Waals surface area contributed by atoms with Crippen molar-refractivity contribution in [3.05, 3.63) is 0 Å². The van der Waals surface area contributed by atoms with Gasteiger partial charge in [0.25, 0.3) is 0 Å². The van der Waals surface area contributed by atoms with Crippen LogP contribution < -0.4 is 11.1 Å². The Labute approximate surface area is 130 Å². The second-order valence-electron chi connectivity index (χ2n) is 7.30. The smallest absolute Gasteiger partial charge is 0.238 e. The number of carbonyl (C=O) groups is 1. The van der Waals surface area contributed by atoms with Crippen molar-refractivity contribution in [3.63, 3.8) is 0 Å². The Morgan fingerprint density at radius 3 is 2.52 bits per heavy atom. The number of nitrogens with one attached hydrogen (secondary N) is 1. The quantitative estimate of drug-likeness (QED) is 0.687. The summed E-state index contributed by atoms with van der Waals surface area (Å²) in [4.78, 5) is 14.6. The Morgan fingerprint density at radius 2 is 2.05 bits per heavy atom. The third-order valence-electron chi connectivity index (χ3n) is 4.67. The van der Waals surface area contributed by atoms with Crippen LogP contribution in [-0.2, 0) is 4.79 Å². The zero-order chi connectivity index (χ0) is 16.0. The molecule has 0 aromatic heterocycles. The highest BCUT2D eigenvalue weighted by molar-refractivity contribution is 5.85. The molecule has 0 heterocycles. The summed E-state index contributed by atoms with van der Waals surface area (Å²) in [5.74, 6) is 0.896. The summed E-state index contributed by atoms with van der Waals surface area (Å²) >= 11 is 0. The van der Waals surface area contributed by atoms with Gasteiger partial charge in [-0.25, -0.2) is 0 Å². The molecule has 124 valence electrons. The standard InChI is InChI=1S/C17H35N3O/c1-6-20(12-13(2)3)11-9-15-8-7-10-17(15,16(18)21)19-14(4)5/h13-15,19H,6-12H2,1-5H3,(H2,18,21). The van der Waals surface area contributed by atoms with Crippen molar-refractivity contribution in [3.8, 4) is 0 Å². The summed E-state index contributed by atoms with van der Waals surface area (Å²) in [6.45, 7) is 14.2. The van der Waals surface area contributed by atoms with Gasteiger partial charge in [0.15, 0.2) is 0 Å². The lowest BCUT2D eigenvalue weighted by Gasteiger charge is -2.36. The van der Waals surface area contributed by atoms with E-state index in [0.717, 1.165) is 45.3 Å². The van der Waals surface area contributed by atoms with Gasteiger partial charge >= 0.3 is 0 Å². The van der Waals surface area contributed by atoms with Crippen molar-refractivity contribution in [1.29, 1.82) is 0 Å². The first-order valence-corrected chi connectivity index (χ1v) is 8.61. The maximum atomic E-state index is 12.1. The van der Waals surface area contributed by atoms with Crippen LogP contribution >= 0.6 is 0 Å². The summed E-state index contributed by atoms with van der Waals surface area (Å²) in [5, 5.41) is 3.49. The molecule has 3 N–H and O–H groups in total. The normalized spacial score (nSPS) is 26.2. The molecule has 1 aliphatic rings. The molecule has 0 radical (unpaired) electrons. The van der Waals surface area contributed by atoms with Crippen molar-refractivity contribution in [2.24, 2.45) is 17.6 Å². The number of nitrogens with zero attached hydrogens (tertiary/aromatic N) is 1. The zero-order valence-corrected chi connectivity index (χ0v) is 14.6. The van der Waals surface area contributed by atoms with Crippen LogP contribution in [0.2, 0.25) is 0 Å². The predicted molar refractivity (Wildman–Crippen MR) is 89.1 cm³/mol. The topological polar surface area (TPSA) is 58.4 Å². The van der Waals surface area contributed by atoms with Crippen LogP contribution in [0.4, 0.5) is 0 Å². The van der Waals surface area contributed by atoms with Crippen LogP contribution in [0.5, 0.6) is 0 Å². The molecule has 21 heavy (non-hydrogen) atoms. The van der Waals surface area contributed by atoms with Crippen LogP contribution in [-0.4, -0.2) is 42.0 Å². The first-order chi connectivity index (χ1) is 9.81. The Bertz CT molecular complexity index is 330. The molecule has 4 heteroatoms. The Hall–Kier alpha value is -0.610. The fraction of sp³-hybridized carbons (Fsp3) is 0.941. The van der Waals surface area contributed by atoms with E-state index in [4.69, 9.17) is 5.73 Å². The van der Waals surface area contributed by atoms with Crippen molar-refractivity contribution in [1.82, 2.24) is 10.2 Å². The summed E-state index contributed by atoms with van der Waals surface area (Å²) in [5.41, 5.74) is 5.30. The molecule has 1 amide bonds. The van der Waals surface area contributed by atoms with Crippen molar-refractivity contribution in [2.75, 3.05) is 19.6 Å². The zero-order valence-electron chi connectivity index (χ0n) is 14.6. The van der Waals surface area contributed by atoms with E-state index < -0.39 is 5.54 Å². The van der Waals surface area contributed by atoms with E-state index in [1.165, 1.54) is 0 Å². The highest BCUT2D eigenvalue weighted by atomic mass is 16.1. The van der Waals surface area contributed by atoms with Gasteiger partial charge in [0.05, 0.1) is 0 Å². The summed E-state index contributed by atoms with van der Waals surface area (Å²) in [6.07, 6.45) is 4.16. The lowest BCUT2D eigenvalue weighted by molar-refractivity contribution is -0.126. The average Bonchev–Trinajstić information content (AvgIpc) is 2.77. The van der Waals surface area contributed by atoms with E-state index in [1.54, 1.807) is 0 Å². The van der Waals surface area contributed by atoms with Gasteiger partial charge in [-0.3, -0.25) is 4.79 Å². The van der Waals surface area contributed by atoms with Crippen molar-refractivity contribution >= 4 is 5.91 Å². The minimum Gasteiger partial charge on any atom is -0.368 e. The third-order valence-corrected chi connectivity index (χ3v) is 4.67. The molecule has 1 fully saturated rings. The highest BCUT2D eigenvalue weighted by Crippen LogP contribution is 2.38. The molecule has 1 aliphatic carbocycles. The summed E-state index contributed by atoms with van der Waals surface area (Å²) in [6, 6.07) is 0.288. The molecule has 0 aromatic rings. The fourth-order valence-electron chi connectivity index (χ4n) is 3.80. The molecule has 0 spiro atoms. The molecule has 0 bridgehead atoms. The largest absolute Gasteiger partial charge is 0.368 e. The van der Waals surface area contributed by atoms with E-state index in [-0.39, 0.29) is 11.9 Å². The summed E-state index contributed by atoms with van der Waals surface area (Å²) < 4.78 is 0. The van der Waals surface area contributed by atoms with Crippen LogP contribution in [0.1, 0.15) is 60.3 Å². The van der Waals surface area contributed by atoms with Crippen LogP contribution in [0.3, 0.4) is 0 Å². The van der Waals surface area contributed by atoms with Gasteiger partial charge in [0.2, 0.25) is 5.91 Å². The summed E-state index contributed by atoms with van der Waals surface area (Å²) in [7, 11) is 0. The van der Waals surface area contributed by atoms with Gasteiger partial charge in [0.1, 0.15) is 5.54 Å². The van der Waals surface area contributed by atoms with Gasteiger partial charge in [-0.15, -0.1) is 0 Å². The fourth-order valence-corrected chi connectivity index (χ4v) is 3.80. The molecule has 4 nitrogen and oxygen atoms in total. The number of hydrogen-bond acceptors (Lipinski definition) is 3. The number of carbonyl (C=O) groups excluding carboxylic acids is 1. The van der Waals surface area contributed by atoms with E-state index >= 15 is 0 Å². The van der Waals surface area contributed by atoms with Crippen LogP contribution in [0.25, 0.3) is 0 Å². The molecular formula is C17H35N3O. The second-order valence-corrected chi connectivity index (χ2v) is 7.30. The lowest BCUT2D eigenvalue weighted by Crippen LogP contribution is -2.60. The van der Waals surface area contributed by atoms with E-state index in [0.29, 0.717) is 11.8 Å². The molecule has 1 rings (SSSR count). The van der Waals surface area contributed by atoms with E-state index in [1.807, 2.05) is 0 Å². The maximum absolute atomic E-state index is 12.1. The van der Waals surface area contributed by atoms with Gasteiger partial charge in [-0.1, -0.05) is 27.2 Å². The molecule has 1 saturated carbocycles. The Balaban J connectivity index is 2.68. The Morgan fingerprint density at radius 1 is 1.38 bits per heavy atom. The Kier molecular flexibility index (Phi) is 7.14. The van der Waals surface area contributed by atoms with Gasteiger partial charge in [-0.2, -0.15) is 0 Å². The van der Waals surface area contributed by atoms with E-state index in [9.17, 15) is 4.79 Å². The number of primary amides is 1. The van der Waals surface area contributed by atoms with Gasteiger partial charge < -0.3 is 16.0 Å². The maximum Gasteiger partial charge on any atom is 0.238 e. The second kappa shape index (κ2) is 8.14. The molecule has 0 saturated heterocycles.